The predicted molar refractivity (Wildman–Crippen MR) is 46.5 cm³/mol. The lowest BCUT2D eigenvalue weighted by atomic mass is 10.1. The summed E-state index contributed by atoms with van der Waals surface area (Å²) in [7, 11) is -2.52. The van der Waals surface area contributed by atoms with Gasteiger partial charge in [0.1, 0.15) is 0 Å². The molecule has 62 valence electrons. The highest BCUT2D eigenvalue weighted by Gasteiger charge is 2.33. The molecule has 0 heterocycles. The molecule has 0 radical (unpaired) electrons. The molecule has 0 aromatic carbocycles. The molecule has 0 aliphatic rings. The van der Waals surface area contributed by atoms with Crippen LogP contribution in [0.5, 0.6) is 0 Å². The summed E-state index contributed by atoms with van der Waals surface area (Å²) in [6.45, 7) is 5.23. The van der Waals surface area contributed by atoms with E-state index in [1.54, 1.807) is 13.8 Å². The molecule has 0 aliphatic carbocycles. The third kappa shape index (κ3) is 1.80. The molecule has 2 N–H and O–H groups in total. The van der Waals surface area contributed by atoms with Crippen LogP contribution >= 0.6 is 0 Å². The first kappa shape index (κ1) is 10.1. The maximum absolute atomic E-state index is 10.9. The van der Waals surface area contributed by atoms with Gasteiger partial charge in [-0.15, -0.1) is 0 Å². The first-order valence-electron chi connectivity index (χ1n) is 3.22. The van der Waals surface area contributed by atoms with Crippen molar-refractivity contribution in [1.82, 2.24) is 0 Å². The average Bonchev–Trinajstić information content (AvgIpc) is 1.62. The molecule has 10 heavy (non-hydrogen) atoms. The number of sulfonamides is 1. The second-order valence-corrected chi connectivity index (χ2v) is 7.18. The minimum absolute atomic E-state index is 0.183. The van der Waals surface area contributed by atoms with Gasteiger partial charge < -0.3 is 0 Å². The molecule has 5 heteroatoms. The molecule has 0 aromatic heterocycles. The number of hydrogen-bond donors (Lipinski definition) is 1. The van der Waals surface area contributed by atoms with E-state index in [0.717, 1.165) is 10.2 Å². The van der Waals surface area contributed by atoms with E-state index in [1.165, 1.54) is 0 Å². The van der Waals surface area contributed by atoms with Crippen LogP contribution in [0.25, 0.3) is 0 Å². The van der Waals surface area contributed by atoms with Gasteiger partial charge in [-0.25, -0.2) is 13.6 Å². The highest BCUT2D eigenvalue weighted by atomic mass is 32.2. The lowest BCUT2D eigenvalue weighted by Gasteiger charge is -2.25. The maximum Gasteiger partial charge on any atom is 0.214 e. The molecular formula is C5H15NO2SSi. The zero-order chi connectivity index (χ0) is 8.58. The first-order chi connectivity index (χ1) is 4.19. The van der Waals surface area contributed by atoms with Gasteiger partial charge in [-0.2, -0.15) is 0 Å². The Balaban J connectivity index is 4.76. The van der Waals surface area contributed by atoms with Crippen LogP contribution in [0.1, 0.15) is 20.8 Å². The number of rotatable bonds is 2. The molecule has 0 aliphatic heterocycles. The molecule has 0 amide bonds. The van der Waals surface area contributed by atoms with Crippen molar-refractivity contribution in [3.05, 3.63) is 0 Å². The SMILES string of the molecule is CC([SiH3])C(C)(C)S(N)(=O)=O. The molecule has 0 rings (SSSR count). The lowest BCUT2D eigenvalue weighted by Crippen LogP contribution is -2.40. The van der Waals surface area contributed by atoms with Crippen molar-refractivity contribution in [3.8, 4) is 0 Å². The van der Waals surface area contributed by atoms with Crippen LogP contribution < -0.4 is 5.14 Å². The summed E-state index contributed by atoms with van der Waals surface area (Å²) < 4.78 is 21.0. The van der Waals surface area contributed by atoms with Crippen molar-refractivity contribution in [1.29, 1.82) is 0 Å². The maximum atomic E-state index is 10.9. The lowest BCUT2D eigenvalue weighted by molar-refractivity contribution is 0.540. The van der Waals surface area contributed by atoms with E-state index in [4.69, 9.17) is 5.14 Å². The van der Waals surface area contributed by atoms with Crippen molar-refractivity contribution >= 4 is 20.3 Å². The van der Waals surface area contributed by atoms with Crippen molar-refractivity contribution in [2.75, 3.05) is 0 Å². The van der Waals surface area contributed by atoms with Gasteiger partial charge in [-0.1, -0.05) is 6.92 Å². The fourth-order valence-electron chi connectivity index (χ4n) is 0.329. The number of hydrogen-bond acceptors (Lipinski definition) is 2. The first-order valence-corrected chi connectivity index (χ1v) is 5.92. The Kier molecular flexibility index (Phi) is 2.67. The van der Waals surface area contributed by atoms with E-state index < -0.39 is 14.8 Å². The van der Waals surface area contributed by atoms with Crippen LogP contribution in [0.3, 0.4) is 0 Å². The predicted octanol–water partition coefficient (Wildman–Crippen LogP) is -0.773. The van der Waals surface area contributed by atoms with Gasteiger partial charge in [0, 0.05) is 10.2 Å². The van der Waals surface area contributed by atoms with Crippen LogP contribution in [0, 0.1) is 0 Å². The summed E-state index contributed by atoms with van der Waals surface area (Å²) in [5.74, 6) is 0. The smallest absolute Gasteiger partial charge is 0.214 e. The second-order valence-electron chi connectivity index (χ2n) is 3.30. The molecule has 0 fully saturated rings. The quantitative estimate of drug-likeness (QED) is 0.569. The van der Waals surface area contributed by atoms with Crippen molar-refractivity contribution < 1.29 is 8.42 Å². The van der Waals surface area contributed by atoms with Gasteiger partial charge in [-0.05, 0) is 19.4 Å². The Bertz CT molecular complexity index is 208. The normalized spacial score (nSPS) is 17.2. The molecule has 0 saturated carbocycles. The zero-order valence-corrected chi connectivity index (χ0v) is 9.70. The van der Waals surface area contributed by atoms with E-state index in [1.807, 2.05) is 6.92 Å². The summed E-state index contributed by atoms with van der Waals surface area (Å²) in [5.41, 5.74) is 0.183. The Morgan fingerprint density at radius 1 is 1.50 bits per heavy atom. The van der Waals surface area contributed by atoms with E-state index in [9.17, 15) is 8.42 Å². The highest BCUT2D eigenvalue weighted by molar-refractivity contribution is 7.90. The van der Waals surface area contributed by atoms with Gasteiger partial charge >= 0.3 is 0 Å². The Hall–Kier alpha value is 0.127. The van der Waals surface area contributed by atoms with Gasteiger partial charge in [0.2, 0.25) is 10.0 Å². The van der Waals surface area contributed by atoms with Crippen molar-refractivity contribution in [2.45, 2.75) is 31.1 Å². The third-order valence-corrected chi connectivity index (χ3v) is 5.92. The molecule has 1 unspecified atom stereocenters. The Morgan fingerprint density at radius 2 is 1.80 bits per heavy atom. The summed E-state index contributed by atoms with van der Waals surface area (Å²) >= 11 is 0. The van der Waals surface area contributed by atoms with Gasteiger partial charge in [-0.3, -0.25) is 0 Å². The second kappa shape index (κ2) is 2.63. The van der Waals surface area contributed by atoms with Gasteiger partial charge in [0.25, 0.3) is 0 Å². The highest BCUT2D eigenvalue weighted by Crippen LogP contribution is 2.25. The van der Waals surface area contributed by atoms with Gasteiger partial charge in [0.05, 0.1) is 4.75 Å². The molecule has 1 atom stereocenters. The average molecular weight is 181 g/mol. The molecule has 0 aromatic rings. The minimum atomic E-state index is -3.37. The standard InChI is InChI=1S/C5H15NO2SSi/c1-4(10)5(2,3)9(6,7)8/h4H,1-3,10H3,(H2,6,7,8). The summed E-state index contributed by atoms with van der Waals surface area (Å²) in [4.78, 5) is 0. The van der Waals surface area contributed by atoms with E-state index in [-0.39, 0.29) is 5.54 Å². The number of primary sulfonamides is 1. The molecule has 0 spiro atoms. The van der Waals surface area contributed by atoms with Crippen LogP contribution in [0.2, 0.25) is 5.54 Å². The van der Waals surface area contributed by atoms with E-state index in [0.29, 0.717) is 0 Å². The topological polar surface area (TPSA) is 60.2 Å². The largest absolute Gasteiger partial charge is 0.228 e. The monoisotopic (exact) mass is 181 g/mol. The van der Waals surface area contributed by atoms with E-state index >= 15 is 0 Å². The van der Waals surface area contributed by atoms with Crippen molar-refractivity contribution in [3.63, 3.8) is 0 Å². The third-order valence-electron chi connectivity index (χ3n) is 2.12. The summed E-state index contributed by atoms with van der Waals surface area (Å²) in [6, 6.07) is 0. The van der Waals surface area contributed by atoms with Crippen LogP contribution in [-0.2, 0) is 10.0 Å². The molecule has 0 saturated heterocycles. The fourth-order valence-corrected chi connectivity index (χ4v) is 1.97. The van der Waals surface area contributed by atoms with Crippen LogP contribution in [-0.4, -0.2) is 23.4 Å². The molecule has 0 bridgehead atoms. The van der Waals surface area contributed by atoms with Crippen molar-refractivity contribution in [2.24, 2.45) is 5.14 Å². The Morgan fingerprint density at radius 3 is 1.80 bits per heavy atom. The van der Waals surface area contributed by atoms with Gasteiger partial charge in [0.15, 0.2) is 0 Å². The van der Waals surface area contributed by atoms with Crippen LogP contribution in [0.15, 0.2) is 0 Å². The molecular weight excluding hydrogens is 166 g/mol. The fraction of sp³-hybridized carbons (Fsp3) is 1.00. The number of nitrogens with two attached hydrogens (primary N) is 1. The summed E-state index contributed by atoms with van der Waals surface area (Å²) in [5, 5.41) is 5.01. The molecule has 3 nitrogen and oxygen atoms in total. The van der Waals surface area contributed by atoms with E-state index in [2.05, 4.69) is 0 Å². The minimum Gasteiger partial charge on any atom is -0.228 e. The zero-order valence-electron chi connectivity index (χ0n) is 6.88. The van der Waals surface area contributed by atoms with Crippen LogP contribution in [0.4, 0.5) is 0 Å². The summed E-state index contributed by atoms with van der Waals surface area (Å²) in [6.07, 6.45) is 0. The Labute approximate surface area is 65.5 Å².